The Morgan fingerprint density at radius 1 is 1.42 bits per heavy atom. The fourth-order valence-corrected chi connectivity index (χ4v) is 3.05. The summed E-state index contributed by atoms with van der Waals surface area (Å²) in [5.74, 6) is -1.28. The van der Waals surface area contributed by atoms with Gasteiger partial charge in [-0.15, -0.1) is 11.8 Å². The monoisotopic (exact) mass is 283 g/mol. The summed E-state index contributed by atoms with van der Waals surface area (Å²) in [6, 6.07) is 4.23. The molecule has 0 aromatic heterocycles. The quantitative estimate of drug-likeness (QED) is 0.674. The van der Waals surface area contributed by atoms with E-state index in [1.165, 1.54) is 12.1 Å². The largest absolute Gasteiger partial charge is 0.477 e. The molecule has 0 unspecified atom stereocenters. The van der Waals surface area contributed by atoms with Crippen molar-refractivity contribution in [1.82, 2.24) is 0 Å². The molecule has 0 bridgehead atoms. The van der Waals surface area contributed by atoms with Crippen LogP contribution in [0.15, 0.2) is 23.1 Å². The van der Waals surface area contributed by atoms with Crippen molar-refractivity contribution < 1.29 is 19.6 Å². The molecule has 7 heteroatoms. The van der Waals surface area contributed by atoms with Gasteiger partial charge in [-0.2, -0.15) is 0 Å². The Morgan fingerprint density at radius 3 is 2.68 bits per heavy atom. The molecule has 0 aliphatic carbocycles. The number of aromatic carboxylic acids is 1. The van der Waals surface area contributed by atoms with Crippen molar-refractivity contribution >= 4 is 23.4 Å². The molecule has 1 fully saturated rings. The van der Waals surface area contributed by atoms with Crippen LogP contribution in [0.1, 0.15) is 23.2 Å². The van der Waals surface area contributed by atoms with E-state index in [0.717, 1.165) is 17.7 Å². The Morgan fingerprint density at radius 2 is 2.11 bits per heavy atom. The molecule has 0 amide bonds. The number of benzene rings is 1. The predicted molar refractivity (Wildman–Crippen MR) is 69.8 cm³/mol. The van der Waals surface area contributed by atoms with Gasteiger partial charge >= 0.3 is 5.97 Å². The van der Waals surface area contributed by atoms with Gasteiger partial charge in [0.1, 0.15) is 5.56 Å². The second-order valence-corrected chi connectivity index (χ2v) is 5.54. The van der Waals surface area contributed by atoms with Crippen molar-refractivity contribution in [2.45, 2.75) is 23.0 Å². The molecule has 19 heavy (non-hydrogen) atoms. The number of hydrogen-bond acceptors (Lipinski definition) is 5. The molecule has 0 radical (unpaired) electrons. The Kier molecular flexibility index (Phi) is 4.39. The number of nitro benzene ring substituents is 1. The number of carboxylic acids is 1. The number of carbonyl (C=O) groups is 1. The van der Waals surface area contributed by atoms with Gasteiger partial charge < -0.3 is 9.84 Å². The number of rotatable bonds is 4. The summed E-state index contributed by atoms with van der Waals surface area (Å²) in [5.41, 5.74) is -0.633. The minimum Gasteiger partial charge on any atom is -0.477 e. The third-order valence-corrected chi connectivity index (χ3v) is 4.20. The first-order valence-corrected chi connectivity index (χ1v) is 6.72. The number of carboxylic acid groups (broad SMARTS) is 1. The lowest BCUT2D eigenvalue weighted by molar-refractivity contribution is -0.385. The molecule has 6 nitrogen and oxygen atoms in total. The first-order valence-electron chi connectivity index (χ1n) is 5.84. The normalized spacial score (nSPS) is 16.2. The zero-order chi connectivity index (χ0) is 13.8. The topological polar surface area (TPSA) is 89.7 Å². The van der Waals surface area contributed by atoms with Crippen LogP contribution in [0.2, 0.25) is 0 Å². The van der Waals surface area contributed by atoms with Crippen LogP contribution in [0.3, 0.4) is 0 Å². The third-order valence-electron chi connectivity index (χ3n) is 2.87. The van der Waals surface area contributed by atoms with Gasteiger partial charge in [-0.25, -0.2) is 4.79 Å². The number of nitrogens with zero attached hydrogens (tertiary/aromatic N) is 1. The lowest BCUT2D eigenvalue weighted by Gasteiger charge is -2.21. The smallest absolute Gasteiger partial charge is 0.342 e. The molecule has 1 aliphatic rings. The highest BCUT2D eigenvalue weighted by Gasteiger charge is 2.22. The zero-order valence-corrected chi connectivity index (χ0v) is 10.9. The van der Waals surface area contributed by atoms with Crippen LogP contribution in [-0.2, 0) is 4.74 Å². The van der Waals surface area contributed by atoms with Gasteiger partial charge in [0.05, 0.1) is 4.92 Å². The maximum absolute atomic E-state index is 11.0. The van der Waals surface area contributed by atoms with Crippen molar-refractivity contribution in [2.24, 2.45) is 0 Å². The average Bonchev–Trinajstić information content (AvgIpc) is 2.39. The molecule has 0 spiro atoms. The summed E-state index contributed by atoms with van der Waals surface area (Å²) >= 11 is 1.55. The molecule has 0 saturated carbocycles. The van der Waals surface area contributed by atoms with Gasteiger partial charge in [-0.1, -0.05) is 0 Å². The third kappa shape index (κ3) is 3.45. The van der Waals surface area contributed by atoms with Crippen LogP contribution < -0.4 is 0 Å². The van der Waals surface area contributed by atoms with E-state index in [1.807, 2.05) is 0 Å². The fraction of sp³-hybridized carbons (Fsp3) is 0.417. The molecule has 1 heterocycles. The fourth-order valence-electron chi connectivity index (χ4n) is 1.91. The predicted octanol–water partition coefficient (Wildman–Crippen LogP) is 2.56. The Balaban J connectivity index is 2.20. The van der Waals surface area contributed by atoms with Gasteiger partial charge in [0.2, 0.25) is 0 Å². The molecule has 102 valence electrons. The highest BCUT2D eigenvalue weighted by Crippen LogP contribution is 2.32. The summed E-state index contributed by atoms with van der Waals surface area (Å²) in [4.78, 5) is 21.9. The van der Waals surface area contributed by atoms with Gasteiger partial charge in [-0.3, -0.25) is 10.1 Å². The van der Waals surface area contributed by atoms with Crippen LogP contribution in [0.4, 0.5) is 5.69 Å². The van der Waals surface area contributed by atoms with Crippen LogP contribution in [-0.4, -0.2) is 34.5 Å². The van der Waals surface area contributed by atoms with Gasteiger partial charge in [0.15, 0.2) is 0 Å². The van der Waals surface area contributed by atoms with Crippen molar-refractivity contribution in [1.29, 1.82) is 0 Å². The molecular formula is C12H13NO5S. The van der Waals surface area contributed by atoms with E-state index in [0.29, 0.717) is 18.5 Å². The summed E-state index contributed by atoms with van der Waals surface area (Å²) in [6.07, 6.45) is 1.81. The van der Waals surface area contributed by atoms with Crippen molar-refractivity contribution in [3.8, 4) is 0 Å². The summed E-state index contributed by atoms with van der Waals surface area (Å²) in [7, 11) is 0. The van der Waals surface area contributed by atoms with Crippen molar-refractivity contribution in [2.75, 3.05) is 13.2 Å². The van der Waals surface area contributed by atoms with Gasteiger partial charge in [0, 0.05) is 29.4 Å². The van der Waals surface area contributed by atoms with E-state index < -0.39 is 10.9 Å². The van der Waals surface area contributed by atoms with Crippen molar-refractivity contribution in [3.63, 3.8) is 0 Å². The molecule has 1 aromatic carbocycles. The van der Waals surface area contributed by atoms with Crippen molar-refractivity contribution in [3.05, 3.63) is 33.9 Å². The molecule has 1 aliphatic heterocycles. The number of thioether (sulfide) groups is 1. The standard InChI is InChI=1S/C12H13NO5S/c14-12(15)10-7-9(1-2-11(10)13(16)17)19-8-3-5-18-6-4-8/h1-2,7-8H,3-6H2,(H,14,15). The Bertz CT molecular complexity index is 499. The summed E-state index contributed by atoms with van der Waals surface area (Å²) in [6.45, 7) is 1.41. The highest BCUT2D eigenvalue weighted by atomic mass is 32.2. The van der Waals surface area contributed by atoms with E-state index in [4.69, 9.17) is 9.84 Å². The number of hydrogen-bond donors (Lipinski definition) is 1. The van der Waals surface area contributed by atoms with Crippen LogP contribution in [0.25, 0.3) is 0 Å². The first kappa shape index (κ1) is 13.8. The van der Waals surface area contributed by atoms with Crippen LogP contribution in [0.5, 0.6) is 0 Å². The maximum Gasteiger partial charge on any atom is 0.342 e. The lowest BCUT2D eigenvalue weighted by atomic mass is 10.2. The van der Waals surface area contributed by atoms with E-state index in [-0.39, 0.29) is 11.3 Å². The molecule has 1 aromatic rings. The average molecular weight is 283 g/mol. The van der Waals surface area contributed by atoms with Crippen LogP contribution in [0, 0.1) is 10.1 Å². The number of ether oxygens (including phenoxy) is 1. The number of nitro groups is 1. The second-order valence-electron chi connectivity index (χ2n) is 4.17. The van der Waals surface area contributed by atoms with E-state index in [2.05, 4.69) is 0 Å². The molecule has 1 N–H and O–H groups in total. The van der Waals surface area contributed by atoms with Crippen LogP contribution >= 0.6 is 11.8 Å². The lowest BCUT2D eigenvalue weighted by Crippen LogP contribution is -2.17. The van der Waals surface area contributed by atoms with Gasteiger partial charge in [-0.05, 0) is 25.0 Å². The first-order chi connectivity index (χ1) is 9.08. The van der Waals surface area contributed by atoms with E-state index in [9.17, 15) is 14.9 Å². The summed E-state index contributed by atoms with van der Waals surface area (Å²) < 4.78 is 5.25. The summed E-state index contributed by atoms with van der Waals surface area (Å²) in [5, 5.41) is 20.1. The van der Waals surface area contributed by atoms with E-state index >= 15 is 0 Å². The molecular weight excluding hydrogens is 270 g/mol. The van der Waals surface area contributed by atoms with Gasteiger partial charge in [0.25, 0.3) is 5.69 Å². The Labute approximate surface area is 113 Å². The maximum atomic E-state index is 11.0. The Hall–Kier alpha value is -1.60. The SMILES string of the molecule is O=C(O)c1cc(SC2CCOCC2)ccc1[N+](=O)[O-]. The zero-order valence-electron chi connectivity index (χ0n) is 10.1. The highest BCUT2D eigenvalue weighted by molar-refractivity contribution is 8.00. The molecule has 0 atom stereocenters. The minimum absolute atomic E-state index is 0.262. The molecule has 2 rings (SSSR count). The van der Waals surface area contributed by atoms with E-state index in [1.54, 1.807) is 17.8 Å². The minimum atomic E-state index is -1.28. The second kappa shape index (κ2) is 6.03. The molecule has 1 saturated heterocycles.